The first kappa shape index (κ1) is 14.3. The number of para-hydroxylation sites is 1. The van der Waals surface area contributed by atoms with Gasteiger partial charge < -0.3 is 10.4 Å². The van der Waals surface area contributed by atoms with E-state index in [0.717, 1.165) is 0 Å². The average molecular weight is 293 g/mol. The van der Waals surface area contributed by atoms with Gasteiger partial charge in [-0.1, -0.05) is 29.8 Å². The molecule has 0 aliphatic carbocycles. The fourth-order valence-corrected chi connectivity index (χ4v) is 2.06. The van der Waals surface area contributed by atoms with E-state index in [1.165, 1.54) is 12.1 Å². The Morgan fingerprint density at radius 2 is 1.85 bits per heavy atom. The van der Waals surface area contributed by atoms with Gasteiger partial charge in [-0.15, -0.1) is 0 Å². The minimum atomic E-state index is -0.409. The Labute approximate surface area is 121 Å². The van der Waals surface area contributed by atoms with Gasteiger partial charge in [0, 0.05) is 35.3 Å². The number of nitro benzene ring substituents is 1. The van der Waals surface area contributed by atoms with Crippen molar-refractivity contribution in [1.82, 2.24) is 5.32 Å². The van der Waals surface area contributed by atoms with Gasteiger partial charge >= 0.3 is 0 Å². The average Bonchev–Trinajstić information content (AvgIpc) is 2.43. The zero-order valence-electron chi connectivity index (χ0n) is 10.5. The zero-order chi connectivity index (χ0) is 14.5. The number of nitrogens with one attached hydrogen (secondary N) is 1. The van der Waals surface area contributed by atoms with E-state index in [1.54, 1.807) is 30.3 Å². The molecule has 5 nitrogen and oxygen atoms in total. The van der Waals surface area contributed by atoms with Crippen molar-refractivity contribution in [3.05, 3.63) is 68.7 Å². The topological polar surface area (TPSA) is 75.4 Å². The van der Waals surface area contributed by atoms with Crippen LogP contribution in [0.4, 0.5) is 5.69 Å². The molecule has 0 spiro atoms. The summed E-state index contributed by atoms with van der Waals surface area (Å²) in [4.78, 5) is 10.5. The van der Waals surface area contributed by atoms with Gasteiger partial charge in [0.25, 0.3) is 5.69 Å². The van der Waals surface area contributed by atoms with Crippen LogP contribution in [0.3, 0.4) is 0 Å². The van der Waals surface area contributed by atoms with Crippen molar-refractivity contribution < 1.29 is 10.0 Å². The molecule has 0 fully saturated rings. The maximum absolute atomic E-state index is 10.9. The summed E-state index contributed by atoms with van der Waals surface area (Å²) in [6.07, 6.45) is 0. The van der Waals surface area contributed by atoms with Crippen LogP contribution in [0.2, 0.25) is 5.02 Å². The van der Waals surface area contributed by atoms with Gasteiger partial charge in [-0.2, -0.15) is 0 Å². The predicted molar refractivity (Wildman–Crippen MR) is 76.8 cm³/mol. The van der Waals surface area contributed by atoms with Crippen LogP contribution in [0.25, 0.3) is 0 Å². The van der Waals surface area contributed by atoms with Crippen LogP contribution < -0.4 is 5.32 Å². The molecule has 0 bridgehead atoms. The summed E-state index contributed by atoms with van der Waals surface area (Å²) in [5.74, 6) is 0.143. The molecule has 2 aromatic rings. The number of aromatic hydroxyl groups is 1. The Hall–Kier alpha value is -2.11. The van der Waals surface area contributed by atoms with Crippen LogP contribution in [-0.4, -0.2) is 10.0 Å². The third-order valence-corrected chi connectivity index (χ3v) is 3.10. The Kier molecular flexibility index (Phi) is 4.55. The number of hydrogen-bond donors (Lipinski definition) is 2. The maximum atomic E-state index is 10.9. The number of halogens is 1. The molecular weight excluding hydrogens is 280 g/mol. The molecule has 2 aromatic carbocycles. The molecule has 0 heterocycles. The van der Waals surface area contributed by atoms with Crippen LogP contribution >= 0.6 is 11.6 Å². The standard InChI is InChI=1S/C14H13ClN2O3/c15-12-5-6-14(18)11(7-12)9-16-8-10-3-1-2-4-13(10)17(19)20/h1-7,16,18H,8-9H2. The van der Waals surface area contributed by atoms with Gasteiger partial charge in [0.1, 0.15) is 5.75 Å². The van der Waals surface area contributed by atoms with Crippen LogP contribution in [0, 0.1) is 10.1 Å². The fraction of sp³-hybridized carbons (Fsp3) is 0.143. The lowest BCUT2D eigenvalue weighted by atomic mass is 10.1. The molecule has 0 saturated carbocycles. The summed E-state index contributed by atoms with van der Waals surface area (Å²) in [5, 5.41) is 24.1. The lowest BCUT2D eigenvalue weighted by Crippen LogP contribution is -2.13. The summed E-state index contributed by atoms with van der Waals surface area (Å²) < 4.78 is 0. The van der Waals surface area contributed by atoms with Gasteiger partial charge in [-0.3, -0.25) is 10.1 Å². The Balaban J connectivity index is 2.03. The molecule has 0 atom stereocenters. The van der Waals surface area contributed by atoms with Crippen molar-refractivity contribution in [3.63, 3.8) is 0 Å². The highest BCUT2D eigenvalue weighted by Gasteiger charge is 2.11. The van der Waals surface area contributed by atoms with E-state index in [2.05, 4.69) is 5.32 Å². The van der Waals surface area contributed by atoms with E-state index < -0.39 is 4.92 Å². The van der Waals surface area contributed by atoms with Crippen molar-refractivity contribution in [2.24, 2.45) is 0 Å². The second kappa shape index (κ2) is 6.36. The quantitative estimate of drug-likeness (QED) is 0.655. The second-order valence-corrected chi connectivity index (χ2v) is 4.70. The fourth-order valence-electron chi connectivity index (χ4n) is 1.87. The molecule has 0 saturated heterocycles. The minimum absolute atomic E-state index is 0.0790. The normalized spacial score (nSPS) is 10.4. The van der Waals surface area contributed by atoms with Crippen molar-refractivity contribution in [1.29, 1.82) is 0 Å². The summed E-state index contributed by atoms with van der Waals surface area (Å²) in [5.41, 5.74) is 1.32. The molecule has 104 valence electrons. The smallest absolute Gasteiger partial charge is 0.273 e. The molecule has 0 aliphatic heterocycles. The third kappa shape index (κ3) is 3.46. The predicted octanol–water partition coefficient (Wildman–Crippen LogP) is 3.24. The van der Waals surface area contributed by atoms with E-state index in [0.29, 0.717) is 29.2 Å². The summed E-state index contributed by atoms with van der Waals surface area (Å²) in [7, 11) is 0. The van der Waals surface area contributed by atoms with Gasteiger partial charge in [-0.25, -0.2) is 0 Å². The van der Waals surface area contributed by atoms with Gasteiger partial charge in [-0.05, 0) is 18.2 Å². The Bertz CT molecular complexity index is 632. The molecule has 6 heteroatoms. The van der Waals surface area contributed by atoms with Gasteiger partial charge in [0.05, 0.1) is 4.92 Å². The molecule has 0 aliphatic rings. The third-order valence-electron chi connectivity index (χ3n) is 2.86. The summed E-state index contributed by atoms with van der Waals surface area (Å²) >= 11 is 5.85. The number of phenolic OH excluding ortho intramolecular Hbond substituents is 1. The Morgan fingerprint density at radius 3 is 2.60 bits per heavy atom. The zero-order valence-corrected chi connectivity index (χ0v) is 11.3. The molecule has 0 amide bonds. The number of rotatable bonds is 5. The molecule has 0 aromatic heterocycles. The second-order valence-electron chi connectivity index (χ2n) is 4.26. The van der Waals surface area contributed by atoms with Crippen LogP contribution in [-0.2, 0) is 13.1 Å². The van der Waals surface area contributed by atoms with E-state index in [9.17, 15) is 15.2 Å². The minimum Gasteiger partial charge on any atom is -0.508 e. The van der Waals surface area contributed by atoms with Gasteiger partial charge in [0.2, 0.25) is 0 Å². The van der Waals surface area contributed by atoms with E-state index >= 15 is 0 Å². The largest absolute Gasteiger partial charge is 0.508 e. The first-order valence-electron chi connectivity index (χ1n) is 5.98. The number of hydrogen-bond acceptors (Lipinski definition) is 4. The van der Waals surface area contributed by atoms with Crippen molar-refractivity contribution in [2.75, 3.05) is 0 Å². The lowest BCUT2D eigenvalue weighted by Gasteiger charge is -2.08. The summed E-state index contributed by atoms with van der Waals surface area (Å²) in [6, 6.07) is 11.3. The van der Waals surface area contributed by atoms with E-state index in [-0.39, 0.29) is 11.4 Å². The van der Waals surface area contributed by atoms with Crippen LogP contribution in [0.15, 0.2) is 42.5 Å². The van der Waals surface area contributed by atoms with Crippen LogP contribution in [0.1, 0.15) is 11.1 Å². The van der Waals surface area contributed by atoms with E-state index in [1.807, 2.05) is 0 Å². The van der Waals surface area contributed by atoms with Crippen molar-refractivity contribution in [3.8, 4) is 5.75 Å². The number of nitrogens with zero attached hydrogens (tertiary/aromatic N) is 1. The van der Waals surface area contributed by atoms with Crippen molar-refractivity contribution >= 4 is 17.3 Å². The first-order valence-corrected chi connectivity index (χ1v) is 6.36. The van der Waals surface area contributed by atoms with E-state index in [4.69, 9.17) is 11.6 Å². The monoisotopic (exact) mass is 292 g/mol. The maximum Gasteiger partial charge on any atom is 0.273 e. The van der Waals surface area contributed by atoms with Crippen LogP contribution in [0.5, 0.6) is 5.75 Å². The first-order chi connectivity index (χ1) is 9.58. The van der Waals surface area contributed by atoms with Gasteiger partial charge in [0.15, 0.2) is 0 Å². The molecule has 2 rings (SSSR count). The highest BCUT2D eigenvalue weighted by atomic mass is 35.5. The molecule has 2 N–H and O–H groups in total. The molecule has 0 unspecified atom stereocenters. The van der Waals surface area contributed by atoms with Crippen molar-refractivity contribution in [2.45, 2.75) is 13.1 Å². The number of phenols is 1. The molecule has 20 heavy (non-hydrogen) atoms. The molecular formula is C14H13ClN2O3. The Morgan fingerprint density at radius 1 is 1.15 bits per heavy atom. The highest BCUT2D eigenvalue weighted by molar-refractivity contribution is 6.30. The molecule has 0 radical (unpaired) electrons. The number of nitro groups is 1. The lowest BCUT2D eigenvalue weighted by molar-refractivity contribution is -0.385. The SMILES string of the molecule is O=[N+]([O-])c1ccccc1CNCc1cc(Cl)ccc1O. The number of benzene rings is 2. The summed E-state index contributed by atoms with van der Waals surface area (Å²) in [6.45, 7) is 0.710. The highest BCUT2D eigenvalue weighted by Crippen LogP contribution is 2.22.